The molecule has 1 atom stereocenters. The number of halogens is 3. The van der Waals surface area contributed by atoms with Crippen molar-refractivity contribution in [2.75, 3.05) is 5.32 Å². The van der Waals surface area contributed by atoms with E-state index in [4.69, 9.17) is 5.73 Å². The van der Waals surface area contributed by atoms with Crippen LogP contribution in [0.25, 0.3) is 0 Å². The predicted octanol–water partition coefficient (Wildman–Crippen LogP) is 2.42. The van der Waals surface area contributed by atoms with Crippen molar-refractivity contribution >= 4 is 11.6 Å². The predicted molar refractivity (Wildman–Crippen MR) is 62.4 cm³/mol. The Hall–Kier alpha value is -1.56. The van der Waals surface area contributed by atoms with Crippen LogP contribution in [0, 0.1) is 22.9 Å². The van der Waals surface area contributed by atoms with Gasteiger partial charge in [-0.25, -0.2) is 13.2 Å². The molecule has 0 saturated carbocycles. The molecule has 6 heteroatoms. The molecule has 0 unspecified atom stereocenters. The molecule has 0 aromatic heterocycles. The Labute approximate surface area is 103 Å². The van der Waals surface area contributed by atoms with E-state index in [2.05, 4.69) is 5.32 Å². The van der Waals surface area contributed by atoms with Crippen LogP contribution >= 0.6 is 0 Å². The van der Waals surface area contributed by atoms with Crippen LogP contribution in [-0.4, -0.2) is 11.9 Å². The number of nitrogens with two attached hydrogens (primary N) is 1. The average Bonchev–Trinajstić information content (AvgIpc) is 2.27. The van der Waals surface area contributed by atoms with E-state index in [9.17, 15) is 18.0 Å². The molecule has 18 heavy (non-hydrogen) atoms. The lowest BCUT2D eigenvalue weighted by molar-refractivity contribution is -0.119. The highest BCUT2D eigenvalue weighted by molar-refractivity contribution is 5.95. The van der Waals surface area contributed by atoms with Gasteiger partial charge in [0.2, 0.25) is 5.91 Å². The van der Waals surface area contributed by atoms with E-state index in [1.165, 1.54) is 0 Å². The molecule has 0 bridgehead atoms. The Kier molecular flexibility index (Phi) is 4.01. The Morgan fingerprint density at radius 1 is 1.22 bits per heavy atom. The summed E-state index contributed by atoms with van der Waals surface area (Å²) in [7, 11) is 0. The zero-order valence-corrected chi connectivity index (χ0v) is 10.4. The van der Waals surface area contributed by atoms with Gasteiger partial charge in [-0.2, -0.15) is 0 Å². The molecule has 0 fully saturated rings. The van der Waals surface area contributed by atoms with Crippen molar-refractivity contribution in [3.05, 3.63) is 29.6 Å². The maximum Gasteiger partial charge on any atom is 0.241 e. The highest BCUT2D eigenvalue weighted by Gasteiger charge is 2.28. The van der Waals surface area contributed by atoms with Gasteiger partial charge in [-0.05, 0) is 17.5 Å². The van der Waals surface area contributed by atoms with Gasteiger partial charge in [-0.3, -0.25) is 4.79 Å². The van der Waals surface area contributed by atoms with Crippen LogP contribution in [0.2, 0.25) is 0 Å². The number of hydrogen-bond donors (Lipinski definition) is 2. The van der Waals surface area contributed by atoms with E-state index >= 15 is 0 Å². The number of benzene rings is 1. The number of hydrogen-bond acceptors (Lipinski definition) is 2. The molecule has 3 N–H and O–H groups in total. The summed E-state index contributed by atoms with van der Waals surface area (Å²) in [6, 6.07) is 0.780. The zero-order chi connectivity index (χ0) is 14.1. The lowest BCUT2D eigenvalue weighted by Crippen LogP contribution is -2.45. The van der Waals surface area contributed by atoms with Crippen LogP contribution in [-0.2, 0) is 4.79 Å². The molecular weight excluding hydrogens is 245 g/mol. The highest BCUT2D eigenvalue weighted by atomic mass is 19.2. The van der Waals surface area contributed by atoms with Gasteiger partial charge in [0.15, 0.2) is 17.5 Å². The third kappa shape index (κ3) is 3.01. The smallest absolute Gasteiger partial charge is 0.241 e. The summed E-state index contributed by atoms with van der Waals surface area (Å²) >= 11 is 0. The second kappa shape index (κ2) is 4.97. The van der Waals surface area contributed by atoms with Gasteiger partial charge in [-0.15, -0.1) is 0 Å². The molecule has 1 amide bonds. The summed E-state index contributed by atoms with van der Waals surface area (Å²) in [6.07, 6.45) is 0. The number of carbonyl (C=O) groups excluding carboxylic acids is 1. The molecule has 1 rings (SSSR count). The van der Waals surface area contributed by atoms with Gasteiger partial charge < -0.3 is 11.1 Å². The molecule has 0 saturated heterocycles. The van der Waals surface area contributed by atoms with Crippen LogP contribution in [0.1, 0.15) is 20.8 Å². The van der Waals surface area contributed by atoms with Crippen molar-refractivity contribution < 1.29 is 18.0 Å². The van der Waals surface area contributed by atoms with Crippen molar-refractivity contribution in [3.8, 4) is 0 Å². The SMILES string of the molecule is CC(C)(C)[C@H](N)C(=O)Nc1ccc(F)c(F)c1F. The number of nitrogens with one attached hydrogen (secondary N) is 1. The molecule has 100 valence electrons. The number of anilines is 1. The van der Waals surface area contributed by atoms with Crippen LogP contribution in [0.15, 0.2) is 12.1 Å². The lowest BCUT2D eigenvalue weighted by Gasteiger charge is -2.25. The minimum atomic E-state index is -1.63. The topological polar surface area (TPSA) is 55.1 Å². The van der Waals surface area contributed by atoms with E-state index in [1.807, 2.05) is 0 Å². The van der Waals surface area contributed by atoms with Gasteiger partial charge in [0.05, 0.1) is 11.7 Å². The van der Waals surface area contributed by atoms with Crippen molar-refractivity contribution in [2.45, 2.75) is 26.8 Å². The maximum atomic E-state index is 13.3. The lowest BCUT2D eigenvalue weighted by atomic mass is 9.87. The third-order valence-electron chi connectivity index (χ3n) is 2.51. The molecule has 0 aliphatic carbocycles. The zero-order valence-electron chi connectivity index (χ0n) is 10.4. The summed E-state index contributed by atoms with van der Waals surface area (Å²) in [5.74, 6) is -5.04. The second-order valence-corrected chi connectivity index (χ2v) is 5.06. The van der Waals surface area contributed by atoms with Crippen LogP contribution in [0.4, 0.5) is 18.9 Å². The fourth-order valence-electron chi connectivity index (χ4n) is 1.23. The van der Waals surface area contributed by atoms with Crippen LogP contribution in [0.5, 0.6) is 0 Å². The maximum absolute atomic E-state index is 13.3. The van der Waals surface area contributed by atoms with Crippen molar-refractivity contribution in [2.24, 2.45) is 11.1 Å². The fourth-order valence-corrected chi connectivity index (χ4v) is 1.23. The van der Waals surface area contributed by atoms with E-state index in [-0.39, 0.29) is 0 Å². The summed E-state index contributed by atoms with van der Waals surface area (Å²) < 4.78 is 38.9. The first kappa shape index (κ1) is 14.5. The summed E-state index contributed by atoms with van der Waals surface area (Å²) in [4.78, 5) is 11.7. The third-order valence-corrected chi connectivity index (χ3v) is 2.51. The minimum absolute atomic E-state index is 0.432. The summed E-state index contributed by atoms with van der Waals surface area (Å²) in [5, 5.41) is 2.14. The first-order chi connectivity index (χ1) is 8.14. The van der Waals surface area contributed by atoms with E-state index in [0.717, 1.165) is 12.1 Å². The largest absolute Gasteiger partial charge is 0.322 e. The van der Waals surface area contributed by atoms with Gasteiger partial charge >= 0.3 is 0 Å². The summed E-state index contributed by atoms with van der Waals surface area (Å²) in [6.45, 7) is 5.20. The van der Waals surface area contributed by atoms with E-state index in [0.29, 0.717) is 0 Å². The van der Waals surface area contributed by atoms with E-state index in [1.54, 1.807) is 20.8 Å². The molecule has 0 heterocycles. The fraction of sp³-hybridized carbons (Fsp3) is 0.417. The van der Waals surface area contributed by atoms with Crippen molar-refractivity contribution in [1.82, 2.24) is 0 Å². The molecule has 0 radical (unpaired) electrons. The van der Waals surface area contributed by atoms with Crippen molar-refractivity contribution in [3.63, 3.8) is 0 Å². The molecule has 1 aromatic rings. The standard InChI is InChI=1S/C12H15F3N2O/c1-12(2,3)10(16)11(18)17-7-5-4-6(13)8(14)9(7)15/h4-5,10H,16H2,1-3H3,(H,17,18)/t10-/m1/s1. The number of rotatable bonds is 2. The molecule has 1 aromatic carbocycles. The van der Waals surface area contributed by atoms with Crippen molar-refractivity contribution in [1.29, 1.82) is 0 Å². The number of carbonyl (C=O) groups is 1. The molecule has 3 nitrogen and oxygen atoms in total. The first-order valence-electron chi connectivity index (χ1n) is 5.34. The van der Waals surface area contributed by atoms with Gasteiger partial charge in [0.1, 0.15) is 0 Å². The second-order valence-electron chi connectivity index (χ2n) is 5.06. The van der Waals surface area contributed by atoms with Gasteiger partial charge in [0, 0.05) is 0 Å². The Morgan fingerprint density at radius 3 is 2.28 bits per heavy atom. The highest BCUT2D eigenvalue weighted by Crippen LogP contribution is 2.22. The Balaban J connectivity index is 2.93. The van der Waals surface area contributed by atoms with Gasteiger partial charge in [-0.1, -0.05) is 20.8 Å². The Morgan fingerprint density at radius 2 is 1.78 bits per heavy atom. The molecule has 0 spiro atoms. The monoisotopic (exact) mass is 260 g/mol. The van der Waals surface area contributed by atoms with E-state index < -0.39 is 40.5 Å². The first-order valence-corrected chi connectivity index (χ1v) is 5.34. The minimum Gasteiger partial charge on any atom is -0.322 e. The molecule has 0 aliphatic heterocycles. The molecular formula is C12H15F3N2O. The van der Waals surface area contributed by atoms with Crippen LogP contribution < -0.4 is 11.1 Å². The normalized spacial score (nSPS) is 13.3. The average molecular weight is 260 g/mol. The Bertz CT molecular complexity index is 469. The van der Waals surface area contributed by atoms with Crippen LogP contribution in [0.3, 0.4) is 0 Å². The van der Waals surface area contributed by atoms with Gasteiger partial charge in [0.25, 0.3) is 0 Å². The molecule has 0 aliphatic rings. The quantitative estimate of drug-likeness (QED) is 0.802. The number of amides is 1. The summed E-state index contributed by atoms with van der Waals surface area (Å²) in [5.41, 5.74) is 4.70.